The Kier molecular flexibility index (Phi) is 6.12. The lowest BCUT2D eigenvalue weighted by Gasteiger charge is -2.29. The first-order valence-electron chi connectivity index (χ1n) is 6.53. The lowest BCUT2D eigenvalue weighted by molar-refractivity contribution is -0.141. The number of urea groups is 1. The normalized spacial score (nSPS) is 22.1. The summed E-state index contributed by atoms with van der Waals surface area (Å²) in [5.74, 6) is -0.847. The number of carboxylic acid groups (broad SMARTS) is 1. The summed E-state index contributed by atoms with van der Waals surface area (Å²) in [5.41, 5.74) is 5.01. The van der Waals surface area contributed by atoms with Crippen LogP contribution in [0.5, 0.6) is 0 Å². The Balaban J connectivity index is 2.60. The molecule has 0 saturated carbocycles. The molecule has 1 heterocycles. The second-order valence-corrected chi connectivity index (χ2v) is 6.18. The Hall–Kier alpha value is -1.44. The summed E-state index contributed by atoms with van der Waals surface area (Å²) in [4.78, 5) is 35.3. The summed E-state index contributed by atoms with van der Waals surface area (Å²) in [6.07, 6.45) is 0.650. The van der Waals surface area contributed by atoms with Gasteiger partial charge in [0.2, 0.25) is 5.91 Å². The predicted octanol–water partition coefficient (Wildman–Crippen LogP) is 0.446. The van der Waals surface area contributed by atoms with Crippen molar-refractivity contribution >= 4 is 29.7 Å². The first-order valence-corrected chi connectivity index (χ1v) is 7.58. The molecule has 8 heteroatoms. The van der Waals surface area contributed by atoms with Crippen LogP contribution < -0.4 is 11.1 Å². The maximum atomic E-state index is 12.1. The Bertz CT molecular complexity index is 389. The molecule has 0 aliphatic carbocycles. The lowest BCUT2D eigenvalue weighted by atomic mass is 10.1. The zero-order valence-electron chi connectivity index (χ0n) is 11.7. The minimum absolute atomic E-state index is 0.146. The van der Waals surface area contributed by atoms with E-state index in [2.05, 4.69) is 5.32 Å². The van der Waals surface area contributed by atoms with Gasteiger partial charge in [0.15, 0.2) is 0 Å². The van der Waals surface area contributed by atoms with Crippen molar-refractivity contribution in [3.05, 3.63) is 0 Å². The van der Waals surface area contributed by atoms with E-state index >= 15 is 0 Å². The van der Waals surface area contributed by atoms with Crippen molar-refractivity contribution in [2.24, 2.45) is 11.7 Å². The smallest absolute Gasteiger partial charge is 0.327 e. The van der Waals surface area contributed by atoms with Crippen LogP contribution in [0.1, 0.15) is 26.7 Å². The Morgan fingerprint density at radius 3 is 2.60 bits per heavy atom. The fourth-order valence-electron chi connectivity index (χ4n) is 2.04. The van der Waals surface area contributed by atoms with Crippen LogP contribution in [0.25, 0.3) is 0 Å². The maximum absolute atomic E-state index is 12.1. The van der Waals surface area contributed by atoms with Crippen molar-refractivity contribution in [3.63, 3.8) is 0 Å². The van der Waals surface area contributed by atoms with E-state index in [9.17, 15) is 19.5 Å². The van der Waals surface area contributed by atoms with Gasteiger partial charge in [-0.05, 0) is 12.3 Å². The van der Waals surface area contributed by atoms with Gasteiger partial charge in [-0.15, -0.1) is 11.8 Å². The van der Waals surface area contributed by atoms with Crippen LogP contribution in [0.2, 0.25) is 0 Å². The van der Waals surface area contributed by atoms with E-state index in [4.69, 9.17) is 5.73 Å². The SMILES string of the molecule is CC(C)C1SCC(C(=O)O)N1C(=O)NCCCC(N)=O. The number of carboxylic acids is 1. The van der Waals surface area contributed by atoms with E-state index in [1.165, 1.54) is 16.7 Å². The zero-order valence-corrected chi connectivity index (χ0v) is 12.5. The average molecular weight is 303 g/mol. The standard InChI is InChI=1S/C12H21N3O4S/c1-7(2)10-15(8(6-20-10)11(17)18)12(19)14-5-3-4-9(13)16/h7-8,10H,3-6H2,1-2H3,(H2,13,16)(H,14,19)(H,17,18). The van der Waals surface area contributed by atoms with Gasteiger partial charge in [0.05, 0.1) is 5.37 Å². The van der Waals surface area contributed by atoms with Gasteiger partial charge in [0.25, 0.3) is 0 Å². The van der Waals surface area contributed by atoms with Crippen molar-refractivity contribution in [1.29, 1.82) is 0 Å². The molecule has 1 aliphatic heterocycles. The molecule has 2 atom stereocenters. The van der Waals surface area contributed by atoms with Gasteiger partial charge >= 0.3 is 12.0 Å². The summed E-state index contributed by atoms with van der Waals surface area (Å²) in [6.45, 7) is 4.21. The molecule has 114 valence electrons. The number of nitrogens with two attached hydrogens (primary N) is 1. The average Bonchev–Trinajstić information content (AvgIpc) is 2.78. The number of thioether (sulfide) groups is 1. The minimum Gasteiger partial charge on any atom is -0.480 e. The Morgan fingerprint density at radius 2 is 2.10 bits per heavy atom. The molecule has 0 bridgehead atoms. The van der Waals surface area contributed by atoms with Crippen LogP contribution in [-0.4, -0.2) is 51.6 Å². The monoisotopic (exact) mass is 303 g/mol. The molecule has 7 nitrogen and oxygen atoms in total. The fraction of sp³-hybridized carbons (Fsp3) is 0.750. The number of primary amides is 1. The third-order valence-electron chi connectivity index (χ3n) is 3.00. The molecule has 0 aromatic rings. The van der Waals surface area contributed by atoms with Crippen molar-refractivity contribution in [2.45, 2.75) is 38.1 Å². The summed E-state index contributed by atoms with van der Waals surface area (Å²) < 4.78 is 0. The van der Waals surface area contributed by atoms with Crippen LogP contribution in [0.15, 0.2) is 0 Å². The molecule has 20 heavy (non-hydrogen) atoms. The maximum Gasteiger partial charge on any atom is 0.327 e. The second kappa shape index (κ2) is 7.37. The molecule has 0 spiro atoms. The zero-order chi connectivity index (χ0) is 15.3. The molecule has 1 aliphatic rings. The highest BCUT2D eigenvalue weighted by molar-refractivity contribution is 8.00. The van der Waals surface area contributed by atoms with Gasteiger partial charge < -0.3 is 16.2 Å². The molecule has 3 amide bonds. The molecule has 1 fully saturated rings. The van der Waals surface area contributed by atoms with E-state index in [-0.39, 0.29) is 17.7 Å². The number of carbonyl (C=O) groups is 3. The van der Waals surface area contributed by atoms with E-state index in [0.29, 0.717) is 18.7 Å². The largest absolute Gasteiger partial charge is 0.480 e. The van der Waals surface area contributed by atoms with Gasteiger partial charge in [0.1, 0.15) is 6.04 Å². The number of carbonyl (C=O) groups excluding carboxylic acids is 2. The molecule has 1 rings (SSSR count). The first-order chi connectivity index (χ1) is 9.34. The van der Waals surface area contributed by atoms with Gasteiger partial charge in [-0.25, -0.2) is 9.59 Å². The summed E-state index contributed by atoms with van der Waals surface area (Å²) >= 11 is 1.48. The van der Waals surface area contributed by atoms with Gasteiger partial charge in [0, 0.05) is 18.7 Å². The van der Waals surface area contributed by atoms with E-state index in [0.717, 1.165) is 0 Å². The number of nitrogens with one attached hydrogen (secondary N) is 1. The fourth-order valence-corrected chi connectivity index (χ4v) is 3.51. The van der Waals surface area contributed by atoms with Crippen LogP contribution in [0, 0.1) is 5.92 Å². The quantitative estimate of drug-likeness (QED) is 0.616. The first kappa shape index (κ1) is 16.6. The van der Waals surface area contributed by atoms with Crippen molar-refractivity contribution < 1.29 is 19.5 Å². The molecular formula is C12H21N3O4S. The van der Waals surface area contributed by atoms with Gasteiger partial charge in [-0.1, -0.05) is 13.8 Å². The van der Waals surface area contributed by atoms with Crippen LogP contribution in [-0.2, 0) is 9.59 Å². The predicted molar refractivity (Wildman–Crippen MR) is 76.2 cm³/mol. The molecule has 0 aromatic carbocycles. The van der Waals surface area contributed by atoms with E-state index in [1.807, 2.05) is 13.8 Å². The van der Waals surface area contributed by atoms with E-state index in [1.54, 1.807) is 0 Å². The number of hydrogen-bond acceptors (Lipinski definition) is 4. The highest BCUT2D eigenvalue weighted by Gasteiger charge is 2.42. The second-order valence-electron chi connectivity index (χ2n) is 5.03. The summed E-state index contributed by atoms with van der Waals surface area (Å²) in [7, 11) is 0. The van der Waals surface area contributed by atoms with Crippen LogP contribution >= 0.6 is 11.8 Å². The number of hydrogen-bond donors (Lipinski definition) is 3. The minimum atomic E-state index is -0.993. The third-order valence-corrected chi connectivity index (χ3v) is 4.62. The molecule has 0 radical (unpaired) electrons. The molecular weight excluding hydrogens is 282 g/mol. The number of aliphatic carboxylic acids is 1. The number of rotatable bonds is 6. The Morgan fingerprint density at radius 1 is 1.45 bits per heavy atom. The van der Waals surface area contributed by atoms with E-state index < -0.39 is 23.9 Å². The number of nitrogens with zero attached hydrogens (tertiary/aromatic N) is 1. The van der Waals surface area contributed by atoms with Crippen LogP contribution in [0.3, 0.4) is 0 Å². The van der Waals surface area contributed by atoms with Crippen molar-refractivity contribution in [1.82, 2.24) is 10.2 Å². The molecule has 1 saturated heterocycles. The van der Waals surface area contributed by atoms with Gasteiger partial charge in [-0.3, -0.25) is 9.69 Å². The topological polar surface area (TPSA) is 113 Å². The molecule has 0 aromatic heterocycles. The van der Waals surface area contributed by atoms with Crippen molar-refractivity contribution in [3.8, 4) is 0 Å². The summed E-state index contributed by atoms with van der Waals surface area (Å²) in [5, 5.41) is 11.7. The van der Waals surface area contributed by atoms with Crippen LogP contribution in [0.4, 0.5) is 4.79 Å². The summed E-state index contributed by atoms with van der Waals surface area (Å²) in [6, 6.07) is -1.20. The van der Waals surface area contributed by atoms with Crippen molar-refractivity contribution in [2.75, 3.05) is 12.3 Å². The highest BCUT2D eigenvalue weighted by Crippen LogP contribution is 2.33. The molecule has 4 N–H and O–H groups in total. The lowest BCUT2D eigenvalue weighted by Crippen LogP contribution is -2.51. The number of amides is 3. The third kappa shape index (κ3) is 4.29. The highest BCUT2D eigenvalue weighted by atomic mass is 32.2. The molecule has 2 unspecified atom stereocenters. The van der Waals surface area contributed by atoms with Gasteiger partial charge in [-0.2, -0.15) is 0 Å². The Labute approximate surface area is 122 Å².